The van der Waals surface area contributed by atoms with Gasteiger partial charge < -0.3 is 10.1 Å². The second-order valence-corrected chi connectivity index (χ2v) is 9.35. The Hall–Kier alpha value is -2.19. The zero-order chi connectivity index (χ0) is 20.4. The molecule has 4 rings (SSSR count). The van der Waals surface area contributed by atoms with Crippen LogP contribution in [-0.4, -0.2) is 33.2 Å². The van der Waals surface area contributed by atoms with Gasteiger partial charge in [-0.3, -0.25) is 4.79 Å². The monoisotopic (exact) mass is 428 g/mol. The van der Waals surface area contributed by atoms with Gasteiger partial charge in [-0.15, -0.1) is 11.3 Å². The zero-order valence-corrected chi connectivity index (χ0v) is 18.2. The van der Waals surface area contributed by atoms with Crippen molar-refractivity contribution in [3.05, 3.63) is 41.4 Å². The van der Waals surface area contributed by atoms with Crippen molar-refractivity contribution in [2.45, 2.75) is 43.8 Å². The molecule has 1 N–H and O–H groups in total. The number of thiol groups is 1. The van der Waals surface area contributed by atoms with Gasteiger partial charge in [0, 0.05) is 23.4 Å². The number of anilines is 1. The van der Waals surface area contributed by atoms with Crippen LogP contribution in [0.2, 0.25) is 0 Å². The number of amides is 1. The highest BCUT2D eigenvalue weighted by Gasteiger charge is 2.27. The number of aromatic nitrogens is 3. The van der Waals surface area contributed by atoms with Crippen molar-refractivity contribution in [3.8, 4) is 5.75 Å². The topological polar surface area (TPSA) is 77.0 Å². The summed E-state index contributed by atoms with van der Waals surface area (Å²) in [6.07, 6.45) is 7.62. The van der Waals surface area contributed by atoms with Crippen LogP contribution in [0, 0.1) is 5.92 Å². The third kappa shape index (κ3) is 4.38. The molecule has 2 heterocycles. The first-order valence-corrected chi connectivity index (χ1v) is 11.1. The normalized spacial score (nSPS) is 20.4. The van der Waals surface area contributed by atoms with Crippen LogP contribution >= 0.6 is 24.0 Å². The number of carbonyl (C=O) groups is 1. The highest BCUT2D eigenvalue weighted by Crippen LogP contribution is 2.42. The molecule has 0 spiro atoms. The van der Waals surface area contributed by atoms with E-state index >= 15 is 0 Å². The van der Waals surface area contributed by atoms with Crippen molar-refractivity contribution in [2.24, 2.45) is 5.92 Å². The molecular weight excluding hydrogens is 404 g/mol. The van der Waals surface area contributed by atoms with E-state index in [-0.39, 0.29) is 5.91 Å². The lowest BCUT2D eigenvalue weighted by Crippen LogP contribution is -2.19. The maximum absolute atomic E-state index is 12.5. The average molecular weight is 429 g/mol. The number of rotatable bonds is 5. The van der Waals surface area contributed by atoms with E-state index in [1.165, 1.54) is 24.2 Å². The van der Waals surface area contributed by atoms with Gasteiger partial charge in [0.15, 0.2) is 0 Å². The van der Waals surface area contributed by atoms with E-state index < -0.39 is 0 Å². The molecule has 1 aliphatic carbocycles. The summed E-state index contributed by atoms with van der Waals surface area (Å²) in [4.78, 5) is 25.2. The molecule has 1 aromatic carbocycles. The first-order valence-electron chi connectivity index (χ1n) is 9.79. The van der Waals surface area contributed by atoms with Crippen LogP contribution in [0.15, 0.2) is 30.7 Å². The van der Waals surface area contributed by atoms with E-state index in [1.54, 1.807) is 30.7 Å². The van der Waals surface area contributed by atoms with Crippen molar-refractivity contribution in [1.29, 1.82) is 0 Å². The number of nitrogens with zero attached hydrogens (tertiary/aromatic N) is 3. The van der Waals surface area contributed by atoms with E-state index in [2.05, 4.69) is 34.8 Å². The van der Waals surface area contributed by atoms with Crippen LogP contribution in [0.1, 0.15) is 54.0 Å². The van der Waals surface area contributed by atoms with Gasteiger partial charge in [-0.25, -0.2) is 15.0 Å². The Labute approximate surface area is 179 Å². The molecule has 0 saturated heterocycles. The van der Waals surface area contributed by atoms with E-state index in [4.69, 9.17) is 9.72 Å². The summed E-state index contributed by atoms with van der Waals surface area (Å²) in [5.41, 5.74) is 1.83. The molecule has 0 aliphatic heterocycles. The van der Waals surface area contributed by atoms with Crippen LogP contribution in [-0.2, 0) is 0 Å². The summed E-state index contributed by atoms with van der Waals surface area (Å²) in [6.45, 7) is 2.19. The van der Waals surface area contributed by atoms with Gasteiger partial charge in [0.25, 0.3) is 5.91 Å². The van der Waals surface area contributed by atoms with Crippen LogP contribution in [0.5, 0.6) is 5.75 Å². The lowest BCUT2D eigenvalue weighted by molar-refractivity contribution is 0.102. The van der Waals surface area contributed by atoms with Crippen LogP contribution in [0.4, 0.5) is 5.69 Å². The Balaban J connectivity index is 1.57. The van der Waals surface area contributed by atoms with Gasteiger partial charge in [0.1, 0.15) is 17.8 Å². The fraction of sp³-hybridized carbons (Fsp3) is 0.429. The molecule has 8 heteroatoms. The number of hydrogen-bond acceptors (Lipinski definition) is 7. The molecule has 152 valence electrons. The number of carbonyl (C=O) groups excluding carboxylic acids is 1. The Bertz CT molecular complexity index is 999. The molecule has 1 atom stereocenters. The Morgan fingerprint density at radius 3 is 2.76 bits per heavy atom. The molecule has 3 aromatic rings. The second-order valence-electron chi connectivity index (χ2n) is 7.47. The fourth-order valence-electron chi connectivity index (χ4n) is 3.87. The second kappa shape index (κ2) is 8.67. The Morgan fingerprint density at radius 2 is 2.10 bits per heavy atom. The third-order valence-electron chi connectivity index (χ3n) is 5.59. The molecule has 1 aliphatic rings. The maximum atomic E-state index is 12.5. The molecule has 1 fully saturated rings. The SMILES string of the molecule is COc1cc2nc(C3CCC(C(C)S)CC3)sc2cc1NC(=O)c1ccncn1. The summed E-state index contributed by atoms with van der Waals surface area (Å²) in [7, 11) is 1.59. The predicted octanol–water partition coefficient (Wildman–Crippen LogP) is 4.94. The van der Waals surface area contributed by atoms with E-state index in [1.807, 2.05) is 12.1 Å². The molecule has 1 unspecified atom stereocenters. The first kappa shape index (κ1) is 20.1. The van der Waals surface area contributed by atoms with E-state index in [9.17, 15) is 4.79 Å². The van der Waals surface area contributed by atoms with E-state index in [0.717, 1.165) is 23.1 Å². The number of thiazole rings is 1. The maximum Gasteiger partial charge on any atom is 0.274 e. The summed E-state index contributed by atoms with van der Waals surface area (Å²) >= 11 is 6.32. The quantitative estimate of drug-likeness (QED) is 0.563. The summed E-state index contributed by atoms with van der Waals surface area (Å²) in [6, 6.07) is 5.41. The molecular formula is C21H24N4O2S2. The van der Waals surface area contributed by atoms with Gasteiger partial charge >= 0.3 is 0 Å². The number of nitrogens with one attached hydrogen (secondary N) is 1. The van der Waals surface area contributed by atoms with Gasteiger partial charge in [-0.1, -0.05) is 6.92 Å². The minimum absolute atomic E-state index is 0.297. The lowest BCUT2D eigenvalue weighted by Gasteiger charge is -2.29. The molecule has 29 heavy (non-hydrogen) atoms. The Kier molecular flexibility index (Phi) is 6.01. The minimum atomic E-state index is -0.297. The van der Waals surface area contributed by atoms with Gasteiger partial charge in [0.05, 0.1) is 28.0 Å². The molecule has 0 radical (unpaired) electrons. The minimum Gasteiger partial charge on any atom is -0.494 e. The molecule has 2 aromatic heterocycles. The number of fused-ring (bicyclic) bond motifs is 1. The van der Waals surface area contributed by atoms with Gasteiger partial charge in [-0.05, 0) is 43.7 Å². The number of benzene rings is 1. The van der Waals surface area contributed by atoms with Crippen molar-refractivity contribution < 1.29 is 9.53 Å². The largest absolute Gasteiger partial charge is 0.494 e. The lowest BCUT2D eigenvalue weighted by atomic mass is 9.81. The standard InChI is InChI=1S/C21H24N4O2S2/c1-12(28)13-3-5-14(6-4-13)21-25-17-9-18(27-2)16(10-19(17)29-21)24-20(26)15-7-8-22-11-23-15/h7-14,28H,3-6H2,1-2H3,(H,24,26). The van der Waals surface area contributed by atoms with Crippen molar-refractivity contribution in [1.82, 2.24) is 15.0 Å². The predicted molar refractivity (Wildman–Crippen MR) is 119 cm³/mol. The van der Waals surface area contributed by atoms with Crippen LogP contribution in [0.3, 0.4) is 0 Å². The van der Waals surface area contributed by atoms with E-state index in [0.29, 0.717) is 34.2 Å². The first-order chi connectivity index (χ1) is 14.0. The average Bonchev–Trinajstić information content (AvgIpc) is 3.16. The van der Waals surface area contributed by atoms with Crippen LogP contribution < -0.4 is 10.1 Å². The summed E-state index contributed by atoms with van der Waals surface area (Å²) in [5, 5.41) is 4.52. The molecule has 6 nitrogen and oxygen atoms in total. The molecule has 0 bridgehead atoms. The third-order valence-corrected chi connectivity index (χ3v) is 7.19. The smallest absolute Gasteiger partial charge is 0.274 e. The summed E-state index contributed by atoms with van der Waals surface area (Å²) < 4.78 is 6.54. The van der Waals surface area contributed by atoms with Gasteiger partial charge in [0.2, 0.25) is 0 Å². The highest BCUT2D eigenvalue weighted by molar-refractivity contribution is 7.80. The fourth-order valence-corrected chi connectivity index (χ4v) is 5.33. The number of ether oxygens (including phenoxy) is 1. The number of hydrogen-bond donors (Lipinski definition) is 2. The van der Waals surface area contributed by atoms with Crippen LogP contribution in [0.25, 0.3) is 10.2 Å². The highest BCUT2D eigenvalue weighted by atomic mass is 32.1. The van der Waals surface area contributed by atoms with Gasteiger partial charge in [-0.2, -0.15) is 12.6 Å². The van der Waals surface area contributed by atoms with Crippen molar-refractivity contribution >= 4 is 45.8 Å². The van der Waals surface area contributed by atoms with Crippen molar-refractivity contribution in [3.63, 3.8) is 0 Å². The zero-order valence-electron chi connectivity index (χ0n) is 16.5. The molecule has 1 amide bonds. The number of methoxy groups -OCH3 is 1. The Morgan fingerprint density at radius 1 is 1.31 bits per heavy atom. The van der Waals surface area contributed by atoms with Crippen molar-refractivity contribution in [2.75, 3.05) is 12.4 Å². The summed E-state index contributed by atoms with van der Waals surface area (Å²) in [5.74, 6) is 1.49. The molecule has 1 saturated carbocycles.